The third-order valence-electron chi connectivity index (χ3n) is 7.48. The number of rotatable bonds is 5. The van der Waals surface area contributed by atoms with Crippen LogP contribution in [0.4, 0.5) is 4.39 Å². The van der Waals surface area contributed by atoms with E-state index in [0.717, 1.165) is 25.0 Å². The summed E-state index contributed by atoms with van der Waals surface area (Å²) in [4.78, 5) is 29.1. The van der Waals surface area contributed by atoms with Gasteiger partial charge in [-0.05, 0) is 56.0 Å². The summed E-state index contributed by atoms with van der Waals surface area (Å²) in [7, 11) is 0. The first-order chi connectivity index (χ1) is 16.4. The summed E-state index contributed by atoms with van der Waals surface area (Å²) >= 11 is 0. The molecule has 2 aliphatic rings. The van der Waals surface area contributed by atoms with Crippen molar-refractivity contribution in [2.45, 2.75) is 64.2 Å². The molecule has 1 aliphatic carbocycles. The van der Waals surface area contributed by atoms with Crippen LogP contribution in [0.25, 0.3) is 11.5 Å². The van der Waals surface area contributed by atoms with E-state index in [1.807, 2.05) is 16.7 Å². The van der Waals surface area contributed by atoms with Gasteiger partial charge in [0.1, 0.15) is 22.8 Å². The predicted molar refractivity (Wildman–Crippen MR) is 126 cm³/mol. The lowest BCUT2D eigenvalue weighted by molar-refractivity contribution is -0.134. The van der Waals surface area contributed by atoms with E-state index in [0.29, 0.717) is 22.9 Å². The molecule has 1 aliphatic heterocycles. The van der Waals surface area contributed by atoms with Crippen LogP contribution in [-0.2, 0) is 17.9 Å². The Bertz CT molecular complexity index is 1200. The van der Waals surface area contributed by atoms with Crippen LogP contribution >= 0.6 is 0 Å². The van der Waals surface area contributed by atoms with E-state index >= 15 is 0 Å². The van der Waals surface area contributed by atoms with Gasteiger partial charge in [-0.2, -0.15) is 0 Å². The lowest BCUT2D eigenvalue weighted by atomic mass is 9.85. The molecule has 3 unspecified atom stereocenters. The molecule has 3 heterocycles. The summed E-state index contributed by atoms with van der Waals surface area (Å²) in [6, 6.07) is 13.7. The number of nitrogens with zero attached hydrogens (tertiary/aromatic N) is 2. The van der Waals surface area contributed by atoms with Crippen molar-refractivity contribution in [1.29, 1.82) is 0 Å². The highest BCUT2D eigenvalue weighted by molar-refractivity contribution is 6.00. The van der Waals surface area contributed by atoms with Gasteiger partial charge in [-0.1, -0.05) is 38.0 Å². The summed E-state index contributed by atoms with van der Waals surface area (Å²) in [6.45, 7) is 4.20. The second-order valence-corrected chi connectivity index (χ2v) is 9.77. The fourth-order valence-corrected chi connectivity index (χ4v) is 5.31. The van der Waals surface area contributed by atoms with E-state index in [9.17, 15) is 14.0 Å². The molecule has 2 aromatic heterocycles. The number of nitrogens with one attached hydrogen (secondary N) is 1. The number of amides is 2. The predicted octanol–water partition coefficient (Wildman–Crippen LogP) is 5.00. The van der Waals surface area contributed by atoms with Crippen molar-refractivity contribution in [2.75, 3.05) is 0 Å². The number of carbonyl (C=O) groups excluding carboxylic acids is 2. The van der Waals surface area contributed by atoms with Gasteiger partial charge in [-0.25, -0.2) is 4.39 Å². The number of aromatic nitrogens is 1. The normalized spacial score (nSPS) is 24.7. The highest BCUT2D eigenvalue weighted by atomic mass is 19.1. The highest BCUT2D eigenvalue weighted by Crippen LogP contribution is 2.35. The standard InChI is InChI=1S/C27H30FN3O3/c1-18-8-3-6-11-21(18)29-26(33)27(2)17-30-22(24-12-7-15-34-24)13-14-23(30)25(32)31(27)16-19-9-4-5-10-20(19)28/h4-5,7,9-10,12-15,18,21H,3,6,8,11,16-17H2,1-2H3,(H,29,33). The minimum absolute atomic E-state index is 0.0108. The van der Waals surface area contributed by atoms with Gasteiger partial charge in [0, 0.05) is 11.6 Å². The molecule has 0 saturated heterocycles. The number of hydrogen-bond donors (Lipinski definition) is 1. The maximum atomic E-state index is 14.6. The molecule has 34 heavy (non-hydrogen) atoms. The highest BCUT2D eigenvalue weighted by Gasteiger charge is 2.48. The van der Waals surface area contributed by atoms with E-state index in [-0.39, 0.29) is 30.9 Å². The molecule has 1 N–H and O–H groups in total. The minimum atomic E-state index is -1.20. The molecule has 7 heteroatoms. The Morgan fingerprint density at radius 3 is 2.62 bits per heavy atom. The fourth-order valence-electron chi connectivity index (χ4n) is 5.31. The Hall–Kier alpha value is -3.35. The third-order valence-corrected chi connectivity index (χ3v) is 7.48. The Labute approximate surface area is 198 Å². The molecule has 0 spiro atoms. The molecule has 1 fully saturated rings. The molecule has 0 bridgehead atoms. The number of furan rings is 1. The quantitative estimate of drug-likeness (QED) is 0.579. The molecule has 3 atom stereocenters. The summed E-state index contributed by atoms with van der Waals surface area (Å²) in [6.07, 6.45) is 5.83. The van der Waals surface area contributed by atoms with Gasteiger partial charge in [-0.15, -0.1) is 0 Å². The first-order valence-corrected chi connectivity index (χ1v) is 12.0. The van der Waals surface area contributed by atoms with Gasteiger partial charge >= 0.3 is 0 Å². The first-order valence-electron chi connectivity index (χ1n) is 12.0. The molecule has 1 aromatic carbocycles. The zero-order chi connectivity index (χ0) is 23.9. The lowest BCUT2D eigenvalue weighted by Gasteiger charge is -2.45. The zero-order valence-electron chi connectivity index (χ0n) is 19.6. The molecular formula is C27H30FN3O3. The molecule has 3 aromatic rings. The van der Waals surface area contributed by atoms with E-state index in [2.05, 4.69) is 12.2 Å². The molecule has 1 saturated carbocycles. The number of halogens is 1. The Balaban J connectivity index is 1.54. The Kier molecular flexibility index (Phi) is 5.80. The van der Waals surface area contributed by atoms with Crippen molar-refractivity contribution < 1.29 is 18.4 Å². The summed E-state index contributed by atoms with van der Waals surface area (Å²) in [5.41, 5.74) is 0.374. The van der Waals surface area contributed by atoms with Crippen molar-refractivity contribution in [3.8, 4) is 11.5 Å². The van der Waals surface area contributed by atoms with Crippen molar-refractivity contribution in [1.82, 2.24) is 14.8 Å². The van der Waals surface area contributed by atoms with Crippen LogP contribution in [0.3, 0.4) is 0 Å². The number of benzene rings is 1. The van der Waals surface area contributed by atoms with Crippen LogP contribution in [-0.4, -0.2) is 32.9 Å². The first kappa shape index (κ1) is 22.4. The van der Waals surface area contributed by atoms with Gasteiger partial charge in [0.2, 0.25) is 5.91 Å². The van der Waals surface area contributed by atoms with Gasteiger partial charge in [0.05, 0.1) is 25.0 Å². The van der Waals surface area contributed by atoms with Crippen LogP contribution in [0.5, 0.6) is 0 Å². The third kappa shape index (κ3) is 3.83. The SMILES string of the molecule is CC1CCCCC1NC(=O)C1(C)Cn2c(ccc2-c2ccco2)C(=O)N1Cc1ccccc1F. The molecule has 5 rings (SSSR count). The molecule has 0 radical (unpaired) electrons. The second-order valence-electron chi connectivity index (χ2n) is 9.77. The summed E-state index contributed by atoms with van der Waals surface area (Å²) < 4.78 is 22.0. The number of hydrogen-bond acceptors (Lipinski definition) is 3. The molecule has 6 nitrogen and oxygen atoms in total. The smallest absolute Gasteiger partial charge is 0.271 e. The topological polar surface area (TPSA) is 67.5 Å². The number of fused-ring (bicyclic) bond motifs is 1. The Morgan fingerprint density at radius 1 is 1.12 bits per heavy atom. The Morgan fingerprint density at radius 2 is 1.88 bits per heavy atom. The van der Waals surface area contributed by atoms with Gasteiger partial charge in [0.25, 0.3) is 5.91 Å². The zero-order valence-corrected chi connectivity index (χ0v) is 19.6. The molecule has 178 valence electrons. The largest absolute Gasteiger partial charge is 0.463 e. The lowest BCUT2D eigenvalue weighted by Crippen LogP contribution is -2.65. The average molecular weight is 464 g/mol. The number of carbonyl (C=O) groups is 2. The fraction of sp³-hybridized carbons (Fsp3) is 0.407. The van der Waals surface area contributed by atoms with E-state index in [4.69, 9.17) is 4.42 Å². The average Bonchev–Trinajstić information content (AvgIpc) is 3.49. The monoisotopic (exact) mass is 463 g/mol. The maximum absolute atomic E-state index is 14.6. The van der Waals surface area contributed by atoms with Crippen molar-refractivity contribution >= 4 is 11.8 Å². The van der Waals surface area contributed by atoms with Crippen LogP contribution in [0.1, 0.15) is 55.6 Å². The second kappa shape index (κ2) is 8.78. The van der Waals surface area contributed by atoms with Crippen molar-refractivity contribution in [2.24, 2.45) is 5.92 Å². The molecule has 2 amide bonds. The minimum Gasteiger partial charge on any atom is -0.463 e. The summed E-state index contributed by atoms with van der Waals surface area (Å²) in [5, 5.41) is 3.24. The maximum Gasteiger partial charge on any atom is 0.271 e. The van der Waals surface area contributed by atoms with Crippen molar-refractivity contribution in [3.63, 3.8) is 0 Å². The van der Waals surface area contributed by atoms with E-state index in [1.165, 1.54) is 17.4 Å². The van der Waals surface area contributed by atoms with Gasteiger partial charge < -0.3 is 19.2 Å². The van der Waals surface area contributed by atoms with E-state index < -0.39 is 11.4 Å². The van der Waals surface area contributed by atoms with Crippen LogP contribution in [0, 0.1) is 11.7 Å². The van der Waals surface area contributed by atoms with Gasteiger partial charge in [-0.3, -0.25) is 9.59 Å². The van der Waals surface area contributed by atoms with Crippen LogP contribution in [0.15, 0.2) is 59.2 Å². The van der Waals surface area contributed by atoms with Crippen LogP contribution < -0.4 is 5.32 Å². The molecular weight excluding hydrogens is 433 g/mol. The van der Waals surface area contributed by atoms with Crippen LogP contribution in [0.2, 0.25) is 0 Å². The van der Waals surface area contributed by atoms with Crippen molar-refractivity contribution in [3.05, 3.63) is 71.9 Å². The van der Waals surface area contributed by atoms with Gasteiger partial charge in [0.15, 0.2) is 0 Å². The summed E-state index contributed by atoms with van der Waals surface area (Å²) in [5.74, 6) is 0.102. The van der Waals surface area contributed by atoms with E-state index in [1.54, 1.807) is 43.5 Å².